The Morgan fingerprint density at radius 3 is 2.90 bits per heavy atom. The number of halogens is 2. The monoisotopic (exact) mass is 203 g/mol. The molecular formula is C7H7BrFN. The molecule has 0 saturated heterocycles. The van der Waals surface area contributed by atoms with Crippen LogP contribution in [0.5, 0.6) is 0 Å². The highest BCUT2D eigenvalue weighted by Gasteiger charge is 1.92. The molecule has 0 aliphatic rings. The van der Waals surface area contributed by atoms with Crippen molar-refractivity contribution >= 4 is 15.9 Å². The van der Waals surface area contributed by atoms with Crippen molar-refractivity contribution in [1.82, 2.24) is 4.98 Å². The topological polar surface area (TPSA) is 12.9 Å². The highest BCUT2D eigenvalue weighted by atomic mass is 79.9. The Bertz CT molecular complexity index is 215. The third-order valence-corrected chi connectivity index (χ3v) is 1.58. The number of rotatable bonds is 2. The summed E-state index contributed by atoms with van der Waals surface area (Å²) in [6.45, 7) is -0.321. The maximum absolute atomic E-state index is 11.8. The van der Waals surface area contributed by atoms with E-state index in [-0.39, 0.29) is 6.67 Å². The Balaban J connectivity index is 2.75. The first kappa shape index (κ1) is 7.66. The molecule has 0 bridgehead atoms. The van der Waals surface area contributed by atoms with Gasteiger partial charge in [-0.25, -0.2) is 0 Å². The largest absolute Gasteiger partial charge is 0.263 e. The van der Waals surface area contributed by atoms with Crippen LogP contribution >= 0.6 is 15.9 Å². The van der Waals surface area contributed by atoms with Gasteiger partial charge in [0.05, 0.1) is 6.67 Å². The predicted molar refractivity (Wildman–Crippen MR) is 41.6 cm³/mol. The van der Waals surface area contributed by atoms with E-state index >= 15 is 0 Å². The van der Waals surface area contributed by atoms with Crippen LogP contribution < -0.4 is 0 Å². The molecule has 0 fully saturated rings. The van der Waals surface area contributed by atoms with Gasteiger partial charge in [0.15, 0.2) is 0 Å². The van der Waals surface area contributed by atoms with E-state index in [1.165, 1.54) is 0 Å². The van der Waals surface area contributed by atoms with E-state index in [1.54, 1.807) is 12.4 Å². The SMILES string of the molecule is FCCc1cncc(Br)c1. The van der Waals surface area contributed by atoms with E-state index in [0.717, 1.165) is 10.0 Å². The lowest BCUT2D eigenvalue weighted by molar-refractivity contribution is 0.495. The summed E-state index contributed by atoms with van der Waals surface area (Å²) in [5.41, 5.74) is 0.928. The molecule has 0 unspecified atom stereocenters. The predicted octanol–water partition coefficient (Wildman–Crippen LogP) is 2.36. The van der Waals surface area contributed by atoms with Crippen molar-refractivity contribution in [2.75, 3.05) is 6.67 Å². The van der Waals surface area contributed by atoms with Crippen molar-refractivity contribution in [3.05, 3.63) is 28.5 Å². The number of hydrogen-bond acceptors (Lipinski definition) is 1. The summed E-state index contributed by atoms with van der Waals surface area (Å²) in [5, 5.41) is 0. The average Bonchev–Trinajstić information content (AvgIpc) is 1.88. The Morgan fingerprint density at radius 1 is 1.50 bits per heavy atom. The second-order valence-electron chi connectivity index (χ2n) is 1.95. The zero-order chi connectivity index (χ0) is 7.40. The maximum atomic E-state index is 11.8. The fourth-order valence-corrected chi connectivity index (χ4v) is 1.11. The van der Waals surface area contributed by atoms with E-state index in [9.17, 15) is 4.39 Å². The lowest BCUT2D eigenvalue weighted by Gasteiger charge is -1.94. The van der Waals surface area contributed by atoms with E-state index in [2.05, 4.69) is 20.9 Å². The Kier molecular flexibility index (Phi) is 2.81. The molecule has 54 valence electrons. The van der Waals surface area contributed by atoms with Crippen LogP contribution in [0.25, 0.3) is 0 Å². The molecule has 3 heteroatoms. The van der Waals surface area contributed by atoms with Crippen molar-refractivity contribution in [2.45, 2.75) is 6.42 Å². The van der Waals surface area contributed by atoms with Crippen LogP contribution in [0.3, 0.4) is 0 Å². The van der Waals surface area contributed by atoms with Crippen LogP contribution in [0.2, 0.25) is 0 Å². The first-order chi connectivity index (χ1) is 4.83. The number of nitrogens with zero attached hydrogens (tertiary/aromatic N) is 1. The molecule has 1 nitrogen and oxygen atoms in total. The quantitative estimate of drug-likeness (QED) is 0.720. The molecule has 0 aromatic carbocycles. The molecule has 0 spiro atoms. The molecule has 1 aromatic heterocycles. The van der Waals surface area contributed by atoms with Crippen LogP contribution in [0, 0.1) is 0 Å². The number of aromatic nitrogens is 1. The molecule has 0 aliphatic carbocycles. The van der Waals surface area contributed by atoms with Crippen LogP contribution in [0.4, 0.5) is 4.39 Å². The summed E-state index contributed by atoms with van der Waals surface area (Å²) in [7, 11) is 0. The van der Waals surface area contributed by atoms with Gasteiger partial charge in [0.1, 0.15) is 0 Å². The smallest absolute Gasteiger partial charge is 0.0935 e. The molecule has 0 N–H and O–H groups in total. The molecule has 0 aliphatic heterocycles. The van der Waals surface area contributed by atoms with E-state index in [0.29, 0.717) is 6.42 Å². The van der Waals surface area contributed by atoms with E-state index < -0.39 is 0 Å². The molecule has 1 heterocycles. The van der Waals surface area contributed by atoms with Gasteiger partial charge in [-0.1, -0.05) is 0 Å². The normalized spacial score (nSPS) is 9.80. The molecule has 1 rings (SSSR count). The summed E-state index contributed by atoms with van der Waals surface area (Å²) in [4.78, 5) is 3.89. The highest BCUT2D eigenvalue weighted by Crippen LogP contribution is 2.09. The molecule has 0 amide bonds. The molecule has 0 saturated carbocycles. The van der Waals surface area contributed by atoms with Gasteiger partial charge in [-0.05, 0) is 27.6 Å². The molecule has 1 aromatic rings. The van der Waals surface area contributed by atoms with Crippen molar-refractivity contribution in [1.29, 1.82) is 0 Å². The van der Waals surface area contributed by atoms with Gasteiger partial charge in [-0.15, -0.1) is 0 Å². The summed E-state index contributed by atoms with van der Waals surface area (Å²) < 4.78 is 12.7. The number of pyridine rings is 1. The third kappa shape index (κ3) is 2.06. The molecule has 10 heavy (non-hydrogen) atoms. The summed E-state index contributed by atoms with van der Waals surface area (Å²) in [6, 6.07) is 1.87. The van der Waals surface area contributed by atoms with Crippen molar-refractivity contribution in [3.8, 4) is 0 Å². The van der Waals surface area contributed by atoms with Gasteiger partial charge in [0.25, 0.3) is 0 Å². The minimum absolute atomic E-state index is 0.321. The Labute approximate surface area is 67.4 Å². The van der Waals surface area contributed by atoms with Crippen LogP contribution in [-0.2, 0) is 6.42 Å². The van der Waals surface area contributed by atoms with Gasteiger partial charge in [0, 0.05) is 23.3 Å². The Morgan fingerprint density at radius 2 is 2.30 bits per heavy atom. The maximum Gasteiger partial charge on any atom is 0.0935 e. The molecule has 0 atom stereocenters. The van der Waals surface area contributed by atoms with Crippen LogP contribution in [0.1, 0.15) is 5.56 Å². The summed E-state index contributed by atoms with van der Waals surface area (Å²) in [6.07, 6.45) is 3.80. The lowest BCUT2D eigenvalue weighted by atomic mass is 10.2. The third-order valence-electron chi connectivity index (χ3n) is 1.14. The van der Waals surface area contributed by atoms with Gasteiger partial charge < -0.3 is 0 Å². The summed E-state index contributed by atoms with van der Waals surface area (Å²) >= 11 is 3.25. The second kappa shape index (κ2) is 3.66. The van der Waals surface area contributed by atoms with Crippen molar-refractivity contribution in [3.63, 3.8) is 0 Å². The minimum atomic E-state index is -0.321. The van der Waals surface area contributed by atoms with Gasteiger partial charge in [-0.3, -0.25) is 9.37 Å². The van der Waals surface area contributed by atoms with E-state index in [1.807, 2.05) is 6.07 Å². The summed E-state index contributed by atoms with van der Waals surface area (Å²) in [5.74, 6) is 0. The number of hydrogen-bond donors (Lipinski definition) is 0. The first-order valence-corrected chi connectivity index (χ1v) is 3.77. The molecular weight excluding hydrogens is 197 g/mol. The lowest BCUT2D eigenvalue weighted by Crippen LogP contribution is -1.87. The standard InChI is InChI=1S/C7H7BrFN/c8-7-3-6(1-2-9)4-10-5-7/h3-5H,1-2H2. The fraction of sp³-hybridized carbons (Fsp3) is 0.286. The van der Waals surface area contributed by atoms with Crippen molar-refractivity contribution in [2.24, 2.45) is 0 Å². The van der Waals surface area contributed by atoms with Gasteiger partial charge >= 0.3 is 0 Å². The minimum Gasteiger partial charge on any atom is -0.263 e. The number of aryl methyl sites for hydroxylation is 1. The number of alkyl halides is 1. The molecule has 0 radical (unpaired) electrons. The van der Waals surface area contributed by atoms with Crippen LogP contribution in [-0.4, -0.2) is 11.7 Å². The Hall–Kier alpha value is -0.440. The fourth-order valence-electron chi connectivity index (χ4n) is 0.702. The zero-order valence-corrected chi connectivity index (χ0v) is 6.94. The second-order valence-corrected chi connectivity index (χ2v) is 2.87. The highest BCUT2D eigenvalue weighted by molar-refractivity contribution is 9.10. The average molecular weight is 204 g/mol. The van der Waals surface area contributed by atoms with Gasteiger partial charge in [0.2, 0.25) is 0 Å². The van der Waals surface area contributed by atoms with E-state index in [4.69, 9.17) is 0 Å². The zero-order valence-electron chi connectivity index (χ0n) is 5.35. The van der Waals surface area contributed by atoms with Crippen LogP contribution in [0.15, 0.2) is 22.9 Å². The van der Waals surface area contributed by atoms with Gasteiger partial charge in [-0.2, -0.15) is 0 Å². The van der Waals surface area contributed by atoms with Crippen molar-refractivity contribution < 1.29 is 4.39 Å². The first-order valence-electron chi connectivity index (χ1n) is 2.98.